The second-order valence-electron chi connectivity index (χ2n) is 3.27. The maximum Gasteiger partial charge on any atom is 0.0572 e. The lowest BCUT2D eigenvalue weighted by molar-refractivity contribution is 0.0565. The summed E-state index contributed by atoms with van der Waals surface area (Å²) >= 11 is 0. The molecule has 0 bridgehead atoms. The molecule has 2 atom stereocenters. The third kappa shape index (κ3) is 5.18. The van der Waals surface area contributed by atoms with Crippen LogP contribution in [0, 0.1) is 0 Å². The Morgan fingerprint density at radius 2 is 1.91 bits per heavy atom. The molecule has 0 radical (unpaired) electrons. The Bertz CT molecular complexity index is 96.1. The van der Waals surface area contributed by atoms with E-state index in [-0.39, 0.29) is 0 Å². The molecule has 3 nitrogen and oxygen atoms in total. The molecule has 3 heteroatoms. The van der Waals surface area contributed by atoms with Gasteiger partial charge in [0.05, 0.1) is 7.11 Å². The quantitative estimate of drug-likeness (QED) is 0.604. The number of hydrogen-bond acceptors (Lipinski definition) is 3. The molecule has 0 amide bonds. The van der Waals surface area contributed by atoms with Crippen LogP contribution in [0.3, 0.4) is 0 Å². The highest BCUT2D eigenvalue weighted by Crippen LogP contribution is 2.01. The highest BCUT2D eigenvalue weighted by atomic mass is 16.6. The molecule has 2 unspecified atom stereocenters. The Morgan fingerprint density at radius 1 is 1.36 bits per heavy atom. The van der Waals surface area contributed by atoms with E-state index in [1.807, 2.05) is 0 Å². The SMILES string of the molecule is CONC(C)CC(C)N(C)C. The Kier molecular flexibility index (Phi) is 5.46. The predicted molar refractivity (Wildman–Crippen MR) is 47.4 cm³/mol. The predicted octanol–water partition coefficient (Wildman–Crippen LogP) is 0.866. The molecule has 0 fully saturated rings. The normalized spacial score (nSPS) is 16.9. The lowest BCUT2D eigenvalue weighted by Crippen LogP contribution is -2.34. The number of nitrogens with zero attached hydrogens (tertiary/aromatic N) is 1. The van der Waals surface area contributed by atoms with Crippen LogP contribution in [-0.4, -0.2) is 38.2 Å². The van der Waals surface area contributed by atoms with E-state index in [1.54, 1.807) is 7.11 Å². The minimum absolute atomic E-state index is 0.414. The van der Waals surface area contributed by atoms with Crippen LogP contribution in [0.1, 0.15) is 20.3 Å². The minimum Gasteiger partial charge on any atom is -0.307 e. The van der Waals surface area contributed by atoms with Gasteiger partial charge in [-0.15, -0.1) is 0 Å². The van der Waals surface area contributed by atoms with E-state index < -0.39 is 0 Å². The van der Waals surface area contributed by atoms with Gasteiger partial charge in [-0.3, -0.25) is 0 Å². The molecule has 0 aliphatic carbocycles. The fraction of sp³-hybridized carbons (Fsp3) is 1.00. The fourth-order valence-corrected chi connectivity index (χ4v) is 0.972. The molecule has 0 rings (SSSR count). The topological polar surface area (TPSA) is 24.5 Å². The van der Waals surface area contributed by atoms with Crippen molar-refractivity contribution in [1.82, 2.24) is 10.4 Å². The molecule has 11 heavy (non-hydrogen) atoms. The van der Waals surface area contributed by atoms with Gasteiger partial charge in [0, 0.05) is 12.1 Å². The zero-order valence-corrected chi connectivity index (χ0v) is 8.22. The Labute approximate surface area is 69.7 Å². The zero-order valence-electron chi connectivity index (χ0n) is 8.22. The summed E-state index contributed by atoms with van der Waals surface area (Å²) in [7, 11) is 5.82. The van der Waals surface area contributed by atoms with Crippen molar-refractivity contribution in [3.05, 3.63) is 0 Å². The summed E-state index contributed by atoms with van der Waals surface area (Å²) in [5.41, 5.74) is 2.90. The summed E-state index contributed by atoms with van der Waals surface area (Å²) in [6.45, 7) is 4.32. The summed E-state index contributed by atoms with van der Waals surface area (Å²) in [6, 6.07) is 1.00. The van der Waals surface area contributed by atoms with Crippen LogP contribution in [0.4, 0.5) is 0 Å². The van der Waals surface area contributed by atoms with E-state index in [0.29, 0.717) is 12.1 Å². The van der Waals surface area contributed by atoms with Gasteiger partial charge in [-0.25, -0.2) is 5.48 Å². The van der Waals surface area contributed by atoms with Gasteiger partial charge in [-0.2, -0.15) is 0 Å². The lowest BCUT2D eigenvalue weighted by Gasteiger charge is -2.23. The first-order valence-corrected chi connectivity index (χ1v) is 4.02. The van der Waals surface area contributed by atoms with Crippen molar-refractivity contribution in [2.75, 3.05) is 21.2 Å². The third-order valence-electron chi connectivity index (χ3n) is 1.90. The van der Waals surface area contributed by atoms with Crippen molar-refractivity contribution < 1.29 is 4.84 Å². The number of hydrogen-bond donors (Lipinski definition) is 1. The second kappa shape index (κ2) is 5.52. The third-order valence-corrected chi connectivity index (χ3v) is 1.90. The van der Waals surface area contributed by atoms with Crippen molar-refractivity contribution in [1.29, 1.82) is 0 Å². The van der Waals surface area contributed by atoms with Crippen LogP contribution >= 0.6 is 0 Å². The molecule has 0 aromatic heterocycles. The number of rotatable bonds is 5. The van der Waals surface area contributed by atoms with Crippen molar-refractivity contribution in [3.63, 3.8) is 0 Å². The van der Waals surface area contributed by atoms with Crippen LogP contribution in [0.15, 0.2) is 0 Å². The molecule has 0 spiro atoms. The molecule has 0 aliphatic rings. The van der Waals surface area contributed by atoms with Gasteiger partial charge in [0.25, 0.3) is 0 Å². The minimum atomic E-state index is 0.414. The molecule has 0 aromatic carbocycles. The smallest absolute Gasteiger partial charge is 0.0572 e. The molecular formula is C8H20N2O. The molecular weight excluding hydrogens is 140 g/mol. The molecule has 1 N–H and O–H groups in total. The molecule has 68 valence electrons. The van der Waals surface area contributed by atoms with Crippen LogP contribution in [-0.2, 0) is 4.84 Å². The molecule has 0 heterocycles. The van der Waals surface area contributed by atoms with Crippen LogP contribution < -0.4 is 5.48 Å². The van der Waals surface area contributed by atoms with Crippen LogP contribution in [0.25, 0.3) is 0 Å². The van der Waals surface area contributed by atoms with Crippen molar-refractivity contribution in [2.45, 2.75) is 32.4 Å². The van der Waals surface area contributed by atoms with E-state index in [2.05, 4.69) is 38.3 Å². The molecule has 0 aliphatic heterocycles. The van der Waals surface area contributed by atoms with Crippen LogP contribution in [0.2, 0.25) is 0 Å². The fourth-order valence-electron chi connectivity index (χ4n) is 0.972. The Balaban J connectivity index is 3.48. The van der Waals surface area contributed by atoms with Crippen molar-refractivity contribution in [3.8, 4) is 0 Å². The lowest BCUT2D eigenvalue weighted by atomic mass is 10.1. The first-order chi connectivity index (χ1) is 5.07. The van der Waals surface area contributed by atoms with Gasteiger partial charge in [-0.05, 0) is 34.4 Å². The first kappa shape index (κ1) is 10.9. The second-order valence-corrected chi connectivity index (χ2v) is 3.27. The van der Waals surface area contributed by atoms with E-state index in [4.69, 9.17) is 4.84 Å². The van der Waals surface area contributed by atoms with Gasteiger partial charge < -0.3 is 9.74 Å². The summed E-state index contributed by atoms with van der Waals surface area (Å²) in [5.74, 6) is 0. The van der Waals surface area contributed by atoms with E-state index in [9.17, 15) is 0 Å². The van der Waals surface area contributed by atoms with E-state index in [1.165, 1.54) is 0 Å². The van der Waals surface area contributed by atoms with E-state index in [0.717, 1.165) is 6.42 Å². The molecule has 0 saturated carbocycles. The Morgan fingerprint density at radius 3 is 2.27 bits per heavy atom. The average Bonchev–Trinajstić information content (AvgIpc) is 1.87. The van der Waals surface area contributed by atoms with Gasteiger partial charge in [0.2, 0.25) is 0 Å². The zero-order chi connectivity index (χ0) is 8.85. The highest BCUT2D eigenvalue weighted by Gasteiger charge is 2.09. The monoisotopic (exact) mass is 160 g/mol. The van der Waals surface area contributed by atoms with Crippen molar-refractivity contribution in [2.24, 2.45) is 0 Å². The van der Waals surface area contributed by atoms with E-state index >= 15 is 0 Å². The van der Waals surface area contributed by atoms with Gasteiger partial charge in [0.1, 0.15) is 0 Å². The largest absolute Gasteiger partial charge is 0.307 e. The average molecular weight is 160 g/mol. The van der Waals surface area contributed by atoms with Crippen molar-refractivity contribution >= 4 is 0 Å². The summed E-state index contributed by atoms with van der Waals surface area (Å²) < 4.78 is 0. The maximum absolute atomic E-state index is 4.82. The summed E-state index contributed by atoms with van der Waals surface area (Å²) in [6.07, 6.45) is 1.10. The standard InChI is InChI=1S/C8H20N2O/c1-7(9-11-5)6-8(2)10(3)4/h7-9H,6H2,1-5H3. The Hall–Kier alpha value is -0.120. The summed E-state index contributed by atoms with van der Waals surface area (Å²) in [5, 5.41) is 0. The van der Waals surface area contributed by atoms with Crippen LogP contribution in [0.5, 0.6) is 0 Å². The number of nitrogens with one attached hydrogen (secondary N) is 1. The first-order valence-electron chi connectivity index (χ1n) is 4.02. The van der Waals surface area contributed by atoms with Gasteiger partial charge >= 0.3 is 0 Å². The maximum atomic E-state index is 4.82. The highest BCUT2D eigenvalue weighted by molar-refractivity contribution is 4.65. The van der Waals surface area contributed by atoms with Gasteiger partial charge in [-0.1, -0.05) is 0 Å². The molecule has 0 aromatic rings. The molecule has 0 saturated heterocycles. The van der Waals surface area contributed by atoms with Gasteiger partial charge in [0.15, 0.2) is 0 Å². The number of hydroxylamine groups is 1. The summed E-state index contributed by atoms with van der Waals surface area (Å²) in [4.78, 5) is 7.02.